The van der Waals surface area contributed by atoms with E-state index < -0.39 is 0 Å². The molecule has 1 atom stereocenters. The lowest BCUT2D eigenvalue weighted by Crippen LogP contribution is -2.29. The van der Waals surface area contributed by atoms with Gasteiger partial charge in [0.1, 0.15) is 5.82 Å². The van der Waals surface area contributed by atoms with Crippen LogP contribution in [0.15, 0.2) is 12.1 Å². The number of nitrogens with one attached hydrogen (secondary N) is 1. The number of nitrogens with zero attached hydrogens (tertiary/aromatic N) is 2. The Hall–Kier alpha value is -0.840. The maximum Gasteiger partial charge on any atom is 0.126 e. The van der Waals surface area contributed by atoms with Gasteiger partial charge in [0.2, 0.25) is 0 Å². The maximum atomic E-state index is 9.01. The Bertz CT molecular complexity index is 442. The Balaban J connectivity index is 2.00. The third-order valence-electron chi connectivity index (χ3n) is 4.02. The first-order chi connectivity index (χ1) is 10.2. The van der Waals surface area contributed by atoms with Gasteiger partial charge in [0.15, 0.2) is 0 Å². The first-order valence-corrected chi connectivity index (χ1v) is 8.36. The molecule has 0 bridgehead atoms. The van der Waals surface area contributed by atoms with Crippen molar-refractivity contribution in [2.24, 2.45) is 0 Å². The van der Waals surface area contributed by atoms with E-state index in [2.05, 4.69) is 22.1 Å². The molecule has 2 N–H and O–H groups in total. The molecule has 0 aromatic carbocycles. The van der Waals surface area contributed by atoms with Crippen molar-refractivity contribution in [2.45, 2.75) is 51.6 Å². The zero-order valence-electron chi connectivity index (χ0n) is 12.8. The predicted molar refractivity (Wildman–Crippen MR) is 87.8 cm³/mol. The smallest absolute Gasteiger partial charge is 0.126 e. The van der Waals surface area contributed by atoms with Gasteiger partial charge in [0, 0.05) is 25.7 Å². The van der Waals surface area contributed by atoms with Gasteiger partial charge in [-0.25, -0.2) is 4.98 Å². The monoisotopic (exact) mass is 311 g/mol. The van der Waals surface area contributed by atoms with Crippen LogP contribution >= 0.6 is 11.6 Å². The topological polar surface area (TPSA) is 48.4 Å². The molecule has 118 valence electrons. The van der Waals surface area contributed by atoms with Crippen molar-refractivity contribution in [2.75, 3.05) is 25.0 Å². The zero-order valence-corrected chi connectivity index (χ0v) is 13.6. The van der Waals surface area contributed by atoms with Crippen molar-refractivity contribution in [3.63, 3.8) is 0 Å². The summed E-state index contributed by atoms with van der Waals surface area (Å²) in [5.74, 6) is 0.905. The van der Waals surface area contributed by atoms with Gasteiger partial charge in [-0.3, -0.25) is 4.90 Å². The number of likely N-dealkylation sites (tertiary alicyclic amines) is 1. The normalized spacial score (nSPS) is 19.1. The van der Waals surface area contributed by atoms with Crippen molar-refractivity contribution >= 4 is 17.4 Å². The molecule has 1 aromatic rings. The quantitative estimate of drug-likeness (QED) is 0.773. The van der Waals surface area contributed by atoms with Gasteiger partial charge in [-0.05, 0) is 50.8 Å². The molecule has 2 heterocycles. The van der Waals surface area contributed by atoms with Crippen LogP contribution in [0.2, 0.25) is 5.02 Å². The lowest BCUT2D eigenvalue weighted by atomic mass is 10.1. The van der Waals surface area contributed by atoms with E-state index in [1.165, 1.54) is 12.8 Å². The van der Waals surface area contributed by atoms with Crippen molar-refractivity contribution in [1.29, 1.82) is 0 Å². The summed E-state index contributed by atoms with van der Waals surface area (Å²) in [6, 6.07) is 4.43. The van der Waals surface area contributed by atoms with Crippen LogP contribution in [0.5, 0.6) is 0 Å². The molecular weight excluding hydrogens is 286 g/mol. The SMILES string of the molecule is CCCNc1ccc(Cl)c(CN2CCCC2CCCO)n1. The summed E-state index contributed by atoms with van der Waals surface area (Å²) in [6.45, 7) is 5.24. The van der Waals surface area contributed by atoms with Gasteiger partial charge in [-0.15, -0.1) is 0 Å². The number of rotatable bonds is 8. The Morgan fingerprint density at radius 2 is 2.33 bits per heavy atom. The number of anilines is 1. The number of halogens is 1. The molecule has 2 rings (SSSR count). The third-order valence-corrected chi connectivity index (χ3v) is 4.37. The molecule has 5 heteroatoms. The summed E-state index contributed by atoms with van der Waals surface area (Å²) in [5, 5.41) is 13.1. The molecule has 0 saturated carbocycles. The van der Waals surface area contributed by atoms with E-state index in [9.17, 15) is 0 Å². The molecule has 1 saturated heterocycles. The second-order valence-corrected chi connectivity index (χ2v) is 6.09. The highest BCUT2D eigenvalue weighted by Crippen LogP contribution is 2.26. The Morgan fingerprint density at radius 1 is 1.48 bits per heavy atom. The molecule has 21 heavy (non-hydrogen) atoms. The maximum absolute atomic E-state index is 9.01. The van der Waals surface area contributed by atoms with E-state index >= 15 is 0 Å². The van der Waals surface area contributed by atoms with E-state index in [0.717, 1.165) is 55.4 Å². The number of pyridine rings is 1. The fraction of sp³-hybridized carbons (Fsp3) is 0.688. The second kappa shape index (κ2) is 8.57. The summed E-state index contributed by atoms with van der Waals surface area (Å²) in [6.07, 6.45) is 5.45. The molecule has 0 aliphatic carbocycles. The first-order valence-electron chi connectivity index (χ1n) is 7.98. The Morgan fingerprint density at radius 3 is 3.10 bits per heavy atom. The molecule has 0 radical (unpaired) electrons. The number of hydrogen-bond acceptors (Lipinski definition) is 4. The van der Waals surface area contributed by atoms with Crippen LogP contribution in [0.4, 0.5) is 5.82 Å². The molecule has 4 nitrogen and oxygen atoms in total. The third kappa shape index (κ3) is 4.83. The standard InChI is InChI=1S/C16H26ClN3O/c1-2-9-18-16-8-7-14(17)15(19-16)12-20-10-3-5-13(20)6-4-11-21/h7-8,13,21H,2-6,9-12H2,1H3,(H,18,19). The number of aromatic nitrogens is 1. The molecule has 1 unspecified atom stereocenters. The average molecular weight is 312 g/mol. The molecular formula is C16H26ClN3O. The number of hydrogen-bond donors (Lipinski definition) is 2. The van der Waals surface area contributed by atoms with Crippen molar-refractivity contribution < 1.29 is 5.11 Å². The summed E-state index contributed by atoms with van der Waals surface area (Å²) in [5.41, 5.74) is 0.952. The van der Waals surface area contributed by atoms with Crippen molar-refractivity contribution in [3.8, 4) is 0 Å². The van der Waals surface area contributed by atoms with Crippen molar-refractivity contribution in [3.05, 3.63) is 22.8 Å². The molecule has 1 aromatic heterocycles. The lowest BCUT2D eigenvalue weighted by molar-refractivity contribution is 0.208. The van der Waals surface area contributed by atoms with Crippen LogP contribution in [-0.4, -0.2) is 40.7 Å². The molecule has 0 amide bonds. The minimum absolute atomic E-state index is 0.278. The van der Waals surface area contributed by atoms with Crippen LogP contribution in [0.1, 0.15) is 44.7 Å². The largest absolute Gasteiger partial charge is 0.396 e. The molecule has 0 spiro atoms. The fourth-order valence-electron chi connectivity index (χ4n) is 2.90. The lowest BCUT2D eigenvalue weighted by Gasteiger charge is -2.24. The van der Waals surface area contributed by atoms with Crippen LogP contribution in [-0.2, 0) is 6.54 Å². The fourth-order valence-corrected chi connectivity index (χ4v) is 3.06. The van der Waals surface area contributed by atoms with E-state index in [4.69, 9.17) is 16.7 Å². The van der Waals surface area contributed by atoms with E-state index in [1.54, 1.807) is 0 Å². The van der Waals surface area contributed by atoms with Crippen LogP contribution in [0, 0.1) is 0 Å². The van der Waals surface area contributed by atoms with Gasteiger partial charge in [-0.2, -0.15) is 0 Å². The Kier molecular flexibility index (Phi) is 6.74. The van der Waals surface area contributed by atoms with Crippen LogP contribution < -0.4 is 5.32 Å². The van der Waals surface area contributed by atoms with E-state index in [0.29, 0.717) is 6.04 Å². The average Bonchev–Trinajstić information content (AvgIpc) is 2.93. The highest BCUT2D eigenvalue weighted by atomic mass is 35.5. The van der Waals surface area contributed by atoms with Gasteiger partial charge in [-0.1, -0.05) is 18.5 Å². The summed E-state index contributed by atoms with van der Waals surface area (Å²) < 4.78 is 0. The molecule has 1 fully saturated rings. The van der Waals surface area contributed by atoms with E-state index in [1.807, 2.05) is 12.1 Å². The van der Waals surface area contributed by atoms with Gasteiger partial charge < -0.3 is 10.4 Å². The number of aliphatic hydroxyl groups is 1. The summed E-state index contributed by atoms with van der Waals surface area (Å²) in [4.78, 5) is 7.11. The van der Waals surface area contributed by atoms with Gasteiger partial charge in [0.25, 0.3) is 0 Å². The minimum Gasteiger partial charge on any atom is -0.396 e. The number of aliphatic hydroxyl groups excluding tert-OH is 1. The zero-order chi connectivity index (χ0) is 15.1. The summed E-state index contributed by atoms with van der Waals surface area (Å²) >= 11 is 6.30. The second-order valence-electron chi connectivity index (χ2n) is 5.68. The summed E-state index contributed by atoms with van der Waals surface area (Å²) in [7, 11) is 0. The highest BCUT2D eigenvalue weighted by molar-refractivity contribution is 6.31. The van der Waals surface area contributed by atoms with Crippen molar-refractivity contribution in [1.82, 2.24) is 9.88 Å². The first kappa shape index (κ1) is 16.5. The molecule has 1 aliphatic heterocycles. The minimum atomic E-state index is 0.278. The van der Waals surface area contributed by atoms with E-state index in [-0.39, 0.29) is 6.61 Å². The Labute approximate surface area is 132 Å². The predicted octanol–water partition coefficient (Wildman–Crippen LogP) is 3.29. The van der Waals surface area contributed by atoms with Gasteiger partial charge in [0.05, 0.1) is 10.7 Å². The van der Waals surface area contributed by atoms with Crippen LogP contribution in [0.25, 0.3) is 0 Å². The van der Waals surface area contributed by atoms with Crippen LogP contribution in [0.3, 0.4) is 0 Å². The molecule has 1 aliphatic rings. The highest BCUT2D eigenvalue weighted by Gasteiger charge is 2.25. The van der Waals surface area contributed by atoms with Gasteiger partial charge >= 0.3 is 0 Å².